The Morgan fingerprint density at radius 2 is 2.12 bits per heavy atom. The van der Waals surface area contributed by atoms with Crippen LogP contribution >= 0.6 is 15.9 Å². The minimum Gasteiger partial charge on any atom is -0.478 e. The molecule has 0 unspecified atom stereocenters. The van der Waals surface area contributed by atoms with Crippen LogP contribution in [0.3, 0.4) is 0 Å². The molecule has 0 atom stereocenters. The fraction of sp³-hybridized carbons (Fsp3) is 0.167. The van der Waals surface area contributed by atoms with Crippen molar-refractivity contribution < 1.29 is 14.7 Å². The maximum absolute atomic E-state index is 11.8. The van der Waals surface area contributed by atoms with Gasteiger partial charge in [0.15, 0.2) is 0 Å². The topological polar surface area (TPSA) is 57.6 Å². The zero-order valence-electron chi connectivity index (χ0n) is 8.89. The first-order valence-corrected chi connectivity index (χ1v) is 5.88. The molecule has 0 spiro atoms. The number of carboxylic acids is 1. The standard InChI is InChI=1S/C12H10BrNO3/c13-9-2-1-8-5-6-14(10(8)7-9)11(15)3-4-12(16)17/h1-4,7H,5-6H2,(H,16,17)/b4-3+. The molecule has 0 radical (unpaired) electrons. The number of fused-ring (bicyclic) bond motifs is 1. The monoisotopic (exact) mass is 295 g/mol. The molecule has 0 saturated heterocycles. The van der Waals surface area contributed by atoms with Gasteiger partial charge in [-0.3, -0.25) is 4.79 Å². The van der Waals surface area contributed by atoms with E-state index in [1.54, 1.807) is 4.90 Å². The van der Waals surface area contributed by atoms with Crippen LogP contribution in [-0.2, 0) is 16.0 Å². The van der Waals surface area contributed by atoms with E-state index < -0.39 is 5.97 Å². The van der Waals surface area contributed by atoms with Gasteiger partial charge >= 0.3 is 5.97 Å². The number of carboxylic acid groups (broad SMARTS) is 1. The zero-order chi connectivity index (χ0) is 12.4. The summed E-state index contributed by atoms with van der Waals surface area (Å²) in [6.07, 6.45) is 2.74. The van der Waals surface area contributed by atoms with Crippen LogP contribution in [0.2, 0.25) is 0 Å². The molecule has 0 aliphatic carbocycles. The van der Waals surface area contributed by atoms with Crippen molar-refractivity contribution in [3.8, 4) is 0 Å². The Morgan fingerprint density at radius 1 is 1.35 bits per heavy atom. The van der Waals surface area contributed by atoms with E-state index in [-0.39, 0.29) is 5.91 Å². The van der Waals surface area contributed by atoms with Crippen molar-refractivity contribution in [3.05, 3.63) is 40.4 Å². The third-order valence-corrected chi connectivity index (χ3v) is 3.07. The highest BCUT2D eigenvalue weighted by molar-refractivity contribution is 9.10. The van der Waals surface area contributed by atoms with Gasteiger partial charge in [-0.25, -0.2) is 4.79 Å². The molecule has 1 aliphatic rings. The number of aliphatic carboxylic acids is 1. The maximum Gasteiger partial charge on any atom is 0.328 e. The minimum absolute atomic E-state index is 0.302. The van der Waals surface area contributed by atoms with Crippen molar-refractivity contribution in [2.24, 2.45) is 0 Å². The lowest BCUT2D eigenvalue weighted by molar-refractivity contribution is -0.131. The predicted molar refractivity (Wildman–Crippen MR) is 67.0 cm³/mol. The van der Waals surface area contributed by atoms with E-state index >= 15 is 0 Å². The van der Waals surface area contributed by atoms with Crippen molar-refractivity contribution >= 4 is 33.5 Å². The number of nitrogens with zero attached hydrogens (tertiary/aromatic N) is 1. The highest BCUT2D eigenvalue weighted by atomic mass is 79.9. The van der Waals surface area contributed by atoms with Crippen molar-refractivity contribution in [1.29, 1.82) is 0 Å². The fourth-order valence-corrected chi connectivity index (χ4v) is 2.16. The molecule has 1 aromatic rings. The summed E-state index contributed by atoms with van der Waals surface area (Å²) in [6, 6.07) is 5.77. The molecule has 1 N–H and O–H groups in total. The number of benzene rings is 1. The summed E-state index contributed by atoms with van der Waals surface area (Å²) in [4.78, 5) is 23.7. The molecule has 4 nitrogen and oxygen atoms in total. The predicted octanol–water partition coefficient (Wildman–Crippen LogP) is 1.98. The highest BCUT2D eigenvalue weighted by Gasteiger charge is 2.23. The molecule has 1 amide bonds. The number of rotatable bonds is 2. The van der Waals surface area contributed by atoms with Crippen LogP contribution in [0.1, 0.15) is 5.56 Å². The molecular weight excluding hydrogens is 286 g/mol. The summed E-state index contributed by atoms with van der Waals surface area (Å²) in [7, 11) is 0. The zero-order valence-corrected chi connectivity index (χ0v) is 10.5. The van der Waals surface area contributed by atoms with Crippen LogP contribution in [-0.4, -0.2) is 23.5 Å². The highest BCUT2D eigenvalue weighted by Crippen LogP contribution is 2.30. The lowest BCUT2D eigenvalue weighted by atomic mass is 10.2. The lowest BCUT2D eigenvalue weighted by Crippen LogP contribution is -2.27. The Bertz CT molecular complexity index is 510. The van der Waals surface area contributed by atoms with Crippen molar-refractivity contribution in [1.82, 2.24) is 0 Å². The van der Waals surface area contributed by atoms with Gasteiger partial charge in [0.1, 0.15) is 0 Å². The SMILES string of the molecule is O=C(O)/C=C/C(=O)N1CCc2ccc(Br)cc21. The van der Waals surface area contributed by atoms with E-state index in [2.05, 4.69) is 15.9 Å². The number of amides is 1. The quantitative estimate of drug-likeness (QED) is 0.849. The summed E-state index contributed by atoms with van der Waals surface area (Å²) in [5, 5.41) is 8.48. The van der Waals surface area contributed by atoms with Gasteiger partial charge in [-0.2, -0.15) is 0 Å². The van der Waals surface area contributed by atoms with Crippen molar-refractivity contribution in [2.75, 3.05) is 11.4 Å². The third kappa shape index (κ3) is 2.55. The second-order valence-corrected chi connectivity index (χ2v) is 4.60. The first-order chi connectivity index (χ1) is 8.08. The van der Waals surface area contributed by atoms with E-state index in [0.29, 0.717) is 6.54 Å². The third-order valence-electron chi connectivity index (χ3n) is 2.58. The number of halogens is 1. The molecule has 0 aromatic heterocycles. The van der Waals surface area contributed by atoms with Gasteiger partial charge in [0.25, 0.3) is 5.91 Å². The van der Waals surface area contributed by atoms with Crippen LogP contribution in [0.4, 0.5) is 5.69 Å². The average Bonchev–Trinajstić information content (AvgIpc) is 2.68. The molecule has 0 bridgehead atoms. The molecule has 0 fully saturated rings. The normalized spacial score (nSPS) is 14.1. The Kier molecular flexibility index (Phi) is 3.28. The number of carbonyl (C=O) groups is 2. The van der Waals surface area contributed by atoms with Crippen LogP contribution in [0, 0.1) is 0 Å². The first kappa shape index (κ1) is 11.9. The lowest BCUT2D eigenvalue weighted by Gasteiger charge is -2.15. The number of hydrogen-bond donors (Lipinski definition) is 1. The largest absolute Gasteiger partial charge is 0.478 e. The molecule has 88 valence electrons. The fourth-order valence-electron chi connectivity index (χ4n) is 1.81. The molecule has 5 heteroatoms. The minimum atomic E-state index is -1.12. The van der Waals surface area contributed by atoms with E-state index in [1.807, 2.05) is 18.2 Å². The van der Waals surface area contributed by atoms with Crippen molar-refractivity contribution in [3.63, 3.8) is 0 Å². The van der Waals surface area contributed by atoms with Gasteiger partial charge in [0, 0.05) is 28.9 Å². The summed E-state index contributed by atoms with van der Waals surface area (Å²) in [5.41, 5.74) is 1.95. The van der Waals surface area contributed by atoms with Gasteiger partial charge in [-0.05, 0) is 24.1 Å². The molecule has 0 saturated carbocycles. The first-order valence-electron chi connectivity index (χ1n) is 5.09. The van der Waals surface area contributed by atoms with Crippen LogP contribution in [0.15, 0.2) is 34.8 Å². The van der Waals surface area contributed by atoms with E-state index in [0.717, 1.165) is 34.3 Å². The second kappa shape index (κ2) is 4.71. The van der Waals surface area contributed by atoms with Gasteiger partial charge in [-0.15, -0.1) is 0 Å². The van der Waals surface area contributed by atoms with Crippen LogP contribution in [0.25, 0.3) is 0 Å². The molecule has 17 heavy (non-hydrogen) atoms. The van der Waals surface area contributed by atoms with Crippen molar-refractivity contribution in [2.45, 2.75) is 6.42 Å². The van der Waals surface area contributed by atoms with E-state index in [1.165, 1.54) is 0 Å². The van der Waals surface area contributed by atoms with Gasteiger partial charge in [0.05, 0.1) is 0 Å². The number of hydrogen-bond acceptors (Lipinski definition) is 2. The smallest absolute Gasteiger partial charge is 0.328 e. The summed E-state index contributed by atoms with van der Waals surface area (Å²) >= 11 is 3.35. The molecule has 2 rings (SSSR count). The van der Waals surface area contributed by atoms with Gasteiger partial charge < -0.3 is 10.0 Å². The van der Waals surface area contributed by atoms with Gasteiger partial charge in [0.2, 0.25) is 0 Å². The van der Waals surface area contributed by atoms with Gasteiger partial charge in [-0.1, -0.05) is 22.0 Å². The summed E-state index contributed by atoms with van der Waals surface area (Å²) in [5.74, 6) is -1.42. The summed E-state index contributed by atoms with van der Waals surface area (Å²) < 4.78 is 0.901. The molecule has 1 aliphatic heterocycles. The second-order valence-electron chi connectivity index (χ2n) is 3.68. The van der Waals surface area contributed by atoms with E-state index in [9.17, 15) is 9.59 Å². The molecule has 1 heterocycles. The summed E-state index contributed by atoms with van der Waals surface area (Å²) in [6.45, 7) is 0.592. The molecule has 1 aromatic carbocycles. The Balaban J connectivity index is 2.24. The maximum atomic E-state index is 11.8. The average molecular weight is 296 g/mol. The Morgan fingerprint density at radius 3 is 2.82 bits per heavy atom. The van der Waals surface area contributed by atoms with Crippen LogP contribution in [0.5, 0.6) is 0 Å². The Labute approximate surface area is 107 Å². The number of anilines is 1. The van der Waals surface area contributed by atoms with E-state index in [4.69, 9.17) is 5.11 Å². The number of carbonyl (C=O) groups excluding carboxylic acids is 1. The molecular formula is C12H10BrNO3. The van der Waals surface area contributed by atoms with Crippen LogP contribution < -0.4 is 4.90 Å². The Hall–Kier alpha value is -1.62.